The monoisotopic (exact) mass is 352 g/mol. The van der Waals surface area contributed by atoms with E-state index >= 15 is 0 Å². The predicted molar refractivity (Wildman–Crippen MR) is 95.8 cm³/mol. The number of hydrogen-bond donors (Lipinski definition) is 0. The summed E-state index contributed by atoms with van der Waals surface area (Å²) in [6.45, 7) is 1.92. The summed E-state index contributed by atoms with van der Waals surface area (Å²) in [5, 5.41) is -0.235. The second-order valence-electron chi connectivity index (χ2n) is 6.05. The van der Waals surface area contributed by atoms with Crippen LogP contribution in [0.4, 0.5) is 0 Å². The fourth-order valence-electron chi connectivity index (χ4n) is 2.88. The average Bonchev–Trinajstić information content (AvgIpc) is 3.04. The lowest BCUT2D eigenvalue weighted by Gasteiger charge is -2.09. The van der Waals surface area contributed by atoms with E-state index in [2.05, 4.69) is 4.98 Å². The molecular formula is C19H16N2O3S. The first kappa shape index (κ1) is 15.9. The van der Waals surface area contributed by atoms with Gasteiger partial charge in [0.2, 0.25) is 0 Å². The number of rotatable bonds is 3. The highest BCUT2D eigenvalue weighted by Crippen LogP contribution is 2.37. The van der Waals surface area contributed by atoms with Gasteiger partial charge in [0.15, 0.2) is 0 Å². The van der Waals surface area contributed by atoms with Crippen molar-refractivity contribution in [2.45, 2.75) is 30.1 Å². The minimum Gasteiger partial charge on any atom is -0.458 e. The molecule has 1 unspecified atom stereocenters. The Kier molecular flexibility index (Phi) is 4.05. The van der Waals surface area contributed by atoms with Gasteiger partial charge in [0.25, 0.3) is 5.56 Å². The van der Waals surface area contributed by atoms with Gasteiger partial charge in [-0.3, -0.25) is 14.0 Å². The Morgan fingerprint density at radius 2 is 2.16 bits per heavy atom. The zero-order valence-corrected chi connectivity index (χ0v) is 14.5. The summed E-state index contributed by atoms with van der Waals surface area (Å²) in [4.78, 5) is 30.0. The number of esters is 1. The number of benzene rings is 1. The van der Waals surface area contributed by atoms with Crippen LogP contribution < -0.4 is 5.56 Å². The molecule has 0 N–H and O–H groups in total. The molecule has 0 bridgehead atoms. The van der Waals surface area contributed by atoms with Crippen LogP contribution in [-0.2, 0) is 22.6 Å². The first-order chi connectivity index (χ1) is 12.1. The molecule has 1 aromatic carbocycles. The third kappa shape index (κ3) is 3.17. The van der Waals surface area contributed by atoms with Crippen LogP contribution in [0, 0.1) is 6.92 Å². The molecule has 0 saturated heterocycles. The number of thioether (sulfide) groups is 1. The highest BCUT2D eigenvalue weighted by Gasteiger charge is 2.29. The van der Waals surface area contributed by atoms with Gasteiger partial charge in [-0.15, -0.1) is 11.8 Å². The molecule has 5 nitrogen and oxygen atoms in total. The molecule has 0 spiro atoms. The normalized spacial score (nSPS) is 16.0. The Morgan fingerprint density at radius 1 is 1.32 bits per heavy atom. The molecule has 0 aliphatic carbocycles. The van der Waals surface area contributed by atoms with Crippen LogP contribution in [0.3, 0.4) is 0 Å². The van der Waals surface area contributed by atoms with Crippen molar-refractivity contribution in [2.75, 3.05) is 0 Å². The van der Waals surface area contributed by atoms with Crippen molar-refractivity contribution in [3.05, 3.63) is 75.8 Å². The maximum Gasteiger partial charge on any atom is 0.320 e. The smallest absolute Gasteiger partial charge is 0.320 e. The van der Waals surface area contributed by atoms with Crippen LogP contribution in [0.1, 0.15) is 16.8 Å². The molecule has 25 heavy (non-hydrogen) atoms. The molecule has 1 atom stereocenters. The van der Waals surface area contributed by atoms with Gasteiger partial charge in [-0.1, -0.05) is 24.3 Å². The Balaban J connectivity index is 1.47. The van der Waals surface area contributed by atoms with Crippen molar-refractivity contribution >= 4 is 23.4 Å². The van der Waals surface area contributed by atoms with Gasteiger partial charge < -0.3 is 4.74 Å². The fourth-order valence-corrected chi connectivity index (χ4v) is 4.08. The first-order valence-corrected chi connectivity index (χ1v) is 8.88. The topological polar surface area (TPSA) is 60.7 Å². The van der Waals surface area contributed by atoms with Crippen molar-refractivity contribution < 1.29 is 9.53 Å². The zero-order chi connectivity index (χ0) is 17.4. The number of carbonyl (C=O) groups is 1. The van der Waals surface area contributed by atoms with E-state index in [4.69, 9.17) is 4.74 Å². The van der Waals surface area contributed by atoms with Crippen molar-refractivity contribution in [1.82, 2.24) is 9.38 Å². The Labute approximate surface area is 148 Å². The number of ether oxygens (including phenoxy) is 1. The van der Waals surface area contributed by atoms with E-state index in [9.17, 15) is 9.59 Å². The number of aryl methyl sites for hydroxylation is 1. The standard InChI is InChI=1S/C19H16N2O3S/c1-12-6-7-17-20-14(9-18(22)21(17)10-12)11-24-19(23)16-8-13-4-2-3-5-15(13)25-16/h2-7,9-10,16H,8,11H2,1H3. The van der Waals surface area contributed by atoms with E-state index in [1.54, 1.807) is 12.3 Å². The van der Waals surface area contributed by atoms with Crippen LogP contribution in [0.25, 0.3) is 5.65 Å². The van der Waals surface area contributed by atoms with Crippen molar-refractivity contribution in [1.29, 1.82) is 0 Å². The zero-order valence-electron chi connectivity index (χ0n) is 13.6. The molecule has 0 radical (unpaired) electrons. The van der Waals surface area contributed by atoms with Gasteiger partial charge in [0.05, 0.1) is 5.69 Å². The molecule has 6 heteroatoms. The van der Waals surface area contributed by atoms with Crippen LogP contribution in [0.15, 0.2) is 58.4 Å². The second-order valence-corrected chi connectivity index (χ2v) is 7.29. The third-order valence-corrected chi connectivity index (χ3v) is 5.43. The SMILES string of the molecule is Cc1ccc2nc(COC(=O)C3Cc4ccccc4S3)cc(=O)n2c1. The lowest BCUT2D eigenvalue weighted by Crippen LogP contribution is -2.21. The van der Waals surface area contributed by atoms with E-state index < -0.39 is 0 Å². The van der Waals surface area contributed by atoms with E-state index in [1.165, 1.54) is 27.8 Å². The number of aromatic nitrogens is 2. The third-order valence-electron chi connectivity index (χ3n) is 4.13. The number of nitrogens with zero attached hydrogens (tertiary/aromatic N) is 2. The highest BCUT2D eigenvalue weighted by molar-refractivity contribution is 8.01. The molecule has 3 aromatic rings. The number of fused-ring (bicyclic) bond motifs is 2. The van der Waals surface area contributed by atoms with Gasteiger partial charge in [-0.2, -0.15) is 0 Å². The van der Waals surface area contributed by atoms with Crippen LogP contribution in [-0.4, -0.2) is 20.6 Å². The second kappa shape index (κ2) is 6.37. The minimum atomic E-state index is -0.271. The van der Waals surface area contributed by atoms with E-state index in [1.807, 2.05) is 37.3 Å². The Hall–Kier alpha value is -2.60. The molecule has 1 aliphatic heterocycles. The maximum atomic E-state index is 12.3. The molecular weight excluding hydrogens is 336 g/mol. The number of pyridine rings is 1. The molecule has 3 heterocycles. The van der Waals surface area contributed by atoms with Gasteiger partial charge in [-0.25, -0.2) is 4.98 Å². The van der Waals surface area contributed by atoms with Crippen LogP contribution in [0.2, 0.25) is 0 Å². The molecule has 0 fully saturated rings. The van der Waals surface area contributed by atoms with Crippen LogP contribution in [0.5, 0.6) is 0 Å². The van der Waals surface area contributed by atoms with Crippen molar-refractivity contribution in [3.63, 3.8) is 0 Å². The van der Waals surface area contributed by atoms with Gasteiger partial charge in [-0.05, 0) is 36.6 Å². The summed E-state index contributed by atoms with van der Waals surface area (Å²) in [6.07, 6.45) is 2.42. The Bertz CT molecular complexity index is 1000. The van der Waals surface area contributed by atoms with E-state index in [0.29, 0.717) is 17.8 Å². The molecule has 2 aromatic heterocycles. The van der Waals surface area contributed by atoms with Crippen molar-refractivity contribution in [3.8, 4) is 0 Å². The maximum absolute atomic E-state index is 12.3. The summed E-state index contributed by atoms with van der Waals surface area (Å²) in [7, 11) is 0. The molecule has 126 valence electrons. The number of carbonyl (C=O) groups excluding carboxylic acids is 1. The Morgan fingerprint density at radius 3 is 3.00 bits per heavy atom. The lowest BCUT2D eigenvalue weighted by molar-refractivity contribution is -0.144. The first-order valence-electron chi connectivity index (χ1n) is 8.00. The summed E-state index contributed by atoms with van der Waals surface area (Å²) in [6, 6.07) is 13.1. The highest BCUT2D eigenvalue weighted by atomic mass is 32.2. The number of hydrogen-bond acceptors (Lipinski definition) is 5. The predicted octanol–water partition coefficient (Wildman–Crippen LogP) is 2.76. The molecule has 4 rings (SSSR count). The van der Waals surface area contributed by atoms with E-state index in [-0.39, 0.29) is 23.4 Å². The fraction of sp³-hybridized carbons (Fsp3) is 0.211. The lowest BCUT2D eigenvalue weighted by atomic mass is 10.1. The van der Waals surface area contributed by atoms with Gasteiger partial charge in [0.1, 0.15) is 17.5 Å². The van der Waals surface area contributed by atoms with E-state index in [0.717, 1.165) is 10.5 Å². The van der Waals surface area contributed by atoms with Gasteiger partial charge in [0, 0.05) is 17.2 Å². The largest absolute Gasteiger partial charge is 0.458 e. The van der Waals surface area contributed by atoms with Crippen molar-refractivity contribution in [2.24, 2.45) is 0 Å². The molecule has 0 amide bonds. The van der Waals surface area contributed by atoms with Gasteiger partial charge >= 0.3 is 5.97 Å². The summed E-state index contributed by atoms with van der Waals surface area (Å²) >= 11 is 1.53. The summed E-state index contributed by atoms with van der Waals surface area (Å²) in [5.41, 5.74) is 2.98. The molecule has 1 aliphatic rings. The summed E-state index contributed by atoms with van der Waals surface area (Å²) in [5.74, 6) is -0.271. The average molecular weight is 352 g/mol. The van der Waals surface area contributed by atoms with Crippen LogP contribution >= 0.6 is 11.8 Å². The summed E-state index contributed by atoms with van der Waals surface area (Å²) < 4.78 is 6.89. The molecule has 0 saturated carbocycles. The quantitative estimate of drug-likeness (QED) is 0.679. The minimum absolute atomic E-state index is 0.00581.